The van der Waals surface area contributed by atoms with Crippen molar-refractivity contribution in [2.24, 2.45) is 7.05 Å². The number of aromatic nitrogens is 4. The molecule has 2 heterocycles. The zero-order chi connectivity index (χ0) is 13.3. The van der Waals surface area contributed by atoms with Crippen LogP contribution in [-0.2, 0) is 18.4 Å². The normalized spacial score (nSPS) is 10.9. The lowest BCUT2D eigenvalue weighted by Crippen LogP contribution is -2.14. The molecule has 0 aliphatic carbocycles. The molecule has 0 saturated heterocycles. The molecular weight excluding hydrogens is 300 g/mol. The van der Waals surface area contributed by atoms with E-state index in [0.717, 1.165) is 11.3 Å². The van der Waals surface area contributed by atoms with Crippen molar-refractivity contribution in [1.29, 1.82) is 0 Å². The van der Waals surface area contributed by atoms with Crippen LogP contribution in [0.5, 0.6) is 0 Å². The minimum Gasteiger partial charge on any atom is -0.378 e. The average Bonchev–Trinajstić information content (AvgIpc) is 2.66. The summed E-state index contributed by atoms with van der Waals surface area (Å²) >= 11 is 3.20. The summed E-state index contributed by atoms with van der Waals surface area (Å²) in [6.07, 6.45) is 1.68. The minimum atomic E-state index is -0.227. The van der Waals surface area contributed by atoms with Gasteiger partial charge in [-0.3, -0.25) is 9.48 Å². The zero-order valence-corrected chi connectivity index (χ0v) is 11.9. The van der Waals surface area contributed by atoms with Crippen molar-refractivity contribution < 1.29 is 4.74 Å². The Balaban J connectivity index is 2.59. The van der Waals surface area contributed by atoms with Gasteiger partial charge in [0.05, 0.1) is 24.1 Å². The van der Waals surface area contributed by atoms with Gasteiger partial charge < -0.3 is 9.72 Å². The molecule has 18 heavy (non-hydrogen) atoms. The molecule has 0 unspecified atom stereocenters. The van der Waals surface area contributed by atoms with Crippen LogP contribution in [0.15, 0.2) is 15.5 Å². The molecule has 0 fully saturated rings. The molecular formula is C11H13BrN4O2. The van der Waals surface area contributed by atoms with Crippen LogP contribution in [0.3, 0.4) is 0 Å². The molecule has 0 amide bonds. The summed E-state index contributed by atoms with van der Waals surface area (Å²) < 4.78 is 7.15. The van der Waals surface area contributed by atoms with Gasteiger partial charge in [0.15, 0.2) is 0 Å². The molecule has 2 aromatic heterocycles. The average molecular weight is 313 g/mol. The summed E-state index contributed by atoms with van der Waals surface area (Å²) in [7, 11) is 3.40. The second-order valence-electron chi connectivity index (χ2n) is 3.88. The van der Waals surface area contributed by atoms with Crippen LogP contribution in [0.25, 0.3) is 11.4 Å². The van der Waals surface area contributed by atoms with E-state index >= 15 is 0 Å². The topological polar surface area (TPSA) is 72.8 Å². The highest BCUT2D eigenvalue weighted by Gasteiger charge is 2.13. The molecule has 0 saturated carbocycles. The smallest absolute Gasteiger partial charge is 0.265 e. The van der Waals surface area contributed by atoms with Crippen LogP contribution in [0.2, 0.25) is 0 Å². The number of nitrogens with zero attached hydrogens (tertiary/aromatic N) is 3. The Kier molecular flexibility index (Phi) is 3.63. The Morgan fingerprint density at radius 3 is 2.83 bits per heavy atom. The molecule has 0 spiro atoms. The summed E-state index contributed by atoms with van der Waals surface area (Å²) in [4.78, 5) is 18.9. The number of rotatable bonds is 3. The molecule has 0 bridgehead atoms. The first-order valence-electron chi connectivity index (χ1n) is 5.31. The van der Waals surface area contributed by atoms with Crippen molar-refractivity contribution >= 4 is 15.9 Å². The van der Waals surface area contributed by atoms with Crippen LogP contribution < -0.4 is 5.56 Å². The van der Waals surface area contributed by atoms with Gasteiger partial charge in [0.25, 0.3) is 5.56 Å². The van der Waals surface area contributed by atoms with Crippen molar-refractivity contribution in [2.75, 3.05) is 7.11 Å². The van der Waals surface area contributed by atoms with Crippen LogP contribution >= 0.6 is 15.9 Å². The van der Waals surface area contributed by atoms with Gasteiger partial charge in [-0.1, -0.05) is 0 Å². The third-order valence-electron chi connectivity index (χ3n) is 2.70. The third kappa shape index (κ3) is 2.23. The van der Waals surface area contributed by atoms with Crippen molar-refractivity contribution in [2.45, 2.75) is 13.5 Å². The maximum absolute atomic E-state index is 11.8. The minimum absolute atomic E-state index is 0.227. The molecule has 0 aliphatic rings. The van der Waals surface area contributed by atoms with Gasteiger partial charge in [-0.2, -0.15) is 5.10 Å². The standard InChI is InChI=1S/C11H13BrN4O2/c1-6-7(4-13-16(6)2)10-14-8(5-18-3)9(12)11(17)15-10/h4H,5H2,1-3H3,(H,14,15,17). The molecule has 0 radical (unpaired) electrons. The predicted octanol–water partition coefficient (Wildman–Crippen LogP) is 1.39. The predicted molar refractivity (Wildman–Crippen MR) is 70.2 cm³/mol. The lowest BCUT2D eigenvalue weighted by Gasteiger charge is -2.05. The summed E-state index contributed by atoms with van der Waals surface area (Å²) in [6, 6.07) is 0. The Morgan fingerprint density at radius 2 is 2.28 bits per heavy atom. The number of hydrogen-bond acceptors (Lipinski definition) is 4. The van der Waals surface area contributed by atoms with E-state index in [1.54, 1.807) is 18.0 Å². The fraction of sp³-hybridized carbons (Fsp3) is 0.364. The molecule has 96 valence electrons. The van der Waals surface area contributed by atoms with Crippen LogP contribution in [0, 0.1) is 6.92 Å². The summed E-state index contributed by atoms with van der Waals surface area (Å²) in [6.45, 7) is 2.19. The largest absolute Gasteiger partial charge is 0.378 e. The molecule has 7 heteroatoms. The zero-order valence-electron chi connectivity index (χ0n) is 10.3. The van der Waals surface area contributed by atoms with Gasteiger partial charge in [-0.05, 0) is 22.9 Å². The second-order valence-corrected chi connectivity index (χ2v) is 4.67. The summed E-state index contributed by atoms with van der Waals surface area (Å²) in [5.74, 6) is 0.501. The summed E-state index contributed by atoms with van der Waals surface area (Å²) in [5, 5.41) is 4.13. The highest BCUT2D eigenvalue weighted by molar-refractivity contribution is 9.10. The van der Waals surface area contributed by atoms with Gasteiger partial charge in [0, 0.05) is 19.9 Å². The second kappa shape index (κ2) is 5.03. The number of ether oxygens (including phenoxy) is 1. The summed E-state index contributed by atoms with van der Waals surface area (Å²) in [5.41, 5.74) is 2.08. The molecule has 0 atom stereocenters. The number of nitrogens with one attached hydrogen (secondary N) is 1. The molecule has 6 nitrogen and oxygen atoms in total. The van der Waals surface area contributed by atoms with Gasteiger partial charge in [0.1, 0.15) is 10.3 Å². The highest BCUT2D eigenvalue weighted by Crippen LogP contribution is 2.20. The van der Waals surface area contributed by atoms with Crippen LogP contribution in [0.1, 0.15) is 11.4 Å². The lowest BCUT2D eigenvalue weighted by atomic mass is 10.2. The van der Waals surface area contributed by atoms with E-state index in [1.165, 1.54) is 0 Å². The molecule has 2 aromatic rings. The Labute approximate surface area is 112 Å². The number of methoxy groups -OCH3 is 1. The number of hydrogen-bond donors (Lipinski definition) is 1. The van der Waals surface area contributed by atoms with Gasteiger partial charge in [-0.25, -0.2) is 4.98 Å². The van der Waals surface area contributed by atoms with E-state index < -0.39 is 0 Å². The Bertz CT molecular complexity index is 632. The van der Waals surface area contributed by atoms with E-state index in [2.05, 4.69) is 31.0 Å². The molecule has 0 aliphatic heterocycles. The number of aryl methyl sites for hydroxylation is 1. The fourth-order valence-electron chi connectivity index (χ4n) is 1.60. The third-order valence-corrected chi connectivity index (χ3v) is 3.52. The van der Waals surface area contributed by atoms with Gasteiger partial charge in [-0.15, -0.1) is 0 Å². The van der Waals surface area contributed by atoms with E-state index in [-0.39, 0.29) is 12.2 Å². The SMILES string of the molecule is COCc1nc(-c2cnn(C)c2C)[nH]c(=O)c1Br. The van der Waals surface area contributed by atoms with Crippen LogP contribution in [-0.4, -0.2) is 26.9 Å². The van der Waals surface area contributed by atoms with E-state index in [4.69, 9.17) is 4.74 Å². The van der Waals surface area contributed by atoms with Crippen molar-refractivity contribution in [3.63, 3.8) is 0 Å². The Morgan fingerprint density at radius 1 is 1.56 bits per heavy atom. The molecule has 2 rings (SSSR count). The maximum atomic E-state index is 11.8. The molecule has 0 aromatic carbocycles. The monoisotopic (exact) mass is 312 g/mol. The van der Waals surface area contributed by atoms with Crippen molar-refractivity contribution in [3.05, 3.63) is 32.4 Å². The fourth-order valence-corrected chi connectivity index (χ4v) is 1.90. The van der Waals surface area contributed by atoms with Crippen molar-refractivity contribution in [1.82, 2.24) is 19.7 Å². The number of aromatic amines is 1. The Hall–Kier alpha value is -1.47. The van der Waals surface area contributed by atoms with E-state index in [1.807, 2.05) is 14.0 Å². The van der Waals surface area contributed by atoms with Gasteiger partial charge >= 0.3 is 0 Å². The first-order chi connectivity index (χ1) is 8.54. The van der Waals surface area contributed by atoms with E-state index in [9.17, 15) is 4.79 Å². The lowest BCUT2D eigenvalue weighted by molar-refractivity contribution is 0.180. The van der Waals surface area contributed by atoms with Crippen molar-refractivity contribution in [3.8, 4) is 11.4 Å². The first kappa shape index (κ1) is 13.0. The first-order valence-corrected chi connectivity index (χ1v) is 6.10. The quantitative estimate of drug-likeness (QED) is 0.929. The van der Waals surface area contributed by atoms with Gasteiger partial charge in [0.2, 0.25) is 0 Å². The van der Waals surface area contributed by atoms with E-state index in [0.29, 0.717) is 16.0 Å². The molecule has 1 N–H and O–H groups in total. The maximum Gasteiger partial charge on any atom is 0.265 e. The van der Waals surface area contributed by atoms with Crippen LogP contribution in [0.4, 0.5) is 0 Å². The number of H-pyrrole nitrogens is 1. The number of halogens is 1. The highest BCUT2D eigenvalue weighted by atomic mass is 79.9.